The van der Waals surface area contributed by atoms with Gasteiger partial charge in [0.15, 0.2) is 0 Å². The first-order valence-corrected chi connectivity index (χ1v) is 4.80. The molecular weight excluding hydrogens is 150 g/mol. The van der Waals surface area contributed by atoms with Crippen LogP contribution in [0.3, 0.4) is 0 Å². The number of hydrogen-bond acceptors (Lipinski definition) is 2. The van der Waals surface area contributed by atoms with Crippen molar-refractivity contribution in [2.24, 2.45) is 0 Å². The van der Waals surface area contributed by atoms with E-state index in [1.807, 2.05) is 0 Å². The molecule has 0 aliphatic carbocycles. The second-order valence-corrected chi connectivity index (χ2v) is 3.47. The lowest BCUT2D eigenvalue weighted by atomic mass is 9.92. The van der Waals surface area contributed by atoms with Crippen molar-refractivity contribution in [3.63, 3.8) is 0 Å². The Balaban J connectivity index is 2.63. The third-order valence-corrected chi connectivity index (χ3v) is 3.10. The van der Waals surface area contributed by atoms with Gasteiger partial charge in [0, 0.05) is 18.6 Å². The van der Waals surface area contributed by atoms with Crippen LogP contribution in [-0.4, -0.2) is 35.2 Å². The molecule has 1 aliphatic rings. The van der Waals surface area contributed by atoms with Crippen molar-refractivity contribution in [2.45, 2.75) is 32.2 Å². The molecule has 0 saturated heterocycles. The van der Waals surface area contributed by atoms with Crippen LogP contribution in [0.5, 0.6) is 0 Å². The highest BCUT2D eigenvalue weighted by atomic mass is 16.3. The van der Waals surface area contributed by atoms with Gasteiger partial charge in [-0.1, -0.05) is 26.0 Å². The fourth-order valence-corrected chi connectivity index (χ4v) is 1.89. The minimum absolute atomic E-state index is 0.0313. The zero-order valence-corrected chi connectivity index (χ0v) is 8.08. The minimum Gasteiger partial charge on any atom is -0.394 e. The van der Waals surface area contributed by atoms with Gasteiger partial charge in [-0.25, -0.2) is 0 Å². The Morgan fingerprint density at radius 3 is 2.08 bits per heavy atom. The van der Waals surface area contributed by atoms with Gasteiger partial charge in [0.1, 0.15) is 0 Å². The average molecular weight is 169 g/mol. The standard InChI is InChI=1S/C10H19NO/c1-3-10(4-2,9-12)11-7-5-6-8-11/h5-6,12H,3-4,7-9H2,1-2H3. The van der Waals surface area contributed by atoms with Gasteiger partial charge >= 0.3 is 0 Å². The highest BCUT2D eigenvalue weighted by molar-refractivity contribution is 5.02. The first-order chi connectivity index (χ1) is 5.79. The van der Waals surface area contributed by atoms with E-state index in [9.17, 15) is 5.11 Å². The van der Waals surface area contributed by atoms with Crippen LogP contribution in [0.1, 0.15) is 26.7 Å². The van der Waals surface area contributed by atoms with Crippen molar-refractivity contribution < 1.29 is 5.11 Å². The first-order valence-electron chi connectivity index (χ1n) is 4.80. The van der Waals surface area contributed by atoms with Gasteiger partial charge in [0.05, 0.1) is 6.61 Å². The predicted octanol–water partition coefficient (Wildman–Crippen LogP) is 1.41. The second-order valence-electron chi connectivity index (χ2n) is 3.47. The zero-order chi connectivity index (χ0) is 9.03. The van der Waals surface area contributed by atoms with Crippen LogP contribution >= 0.6 is 0 Å². The molecule has 0 aromatic heterocycles. The van der Waals surface area contributed by atoms with Gasteiger partial charge in [0.2, 0.25) is 0 Å². The van der Waals surface area contributed by atoms with Gasteiger partial charge in [-0.2, -0.15) is 0 Å². The molecule has 1 heterocycles. The van der Waals surface area contributed by atoms with Gasteiger partial charge in [-0.15, -0.1) is 0 Å². The zero-order valence-electron chi connectivity index (χ0n) is 8.08. The molecule has 1 aliphatic heterocycles. The van der Waals surface area contributed by atoms with E-state index in [4.69, 9.17) is 0 Å². The van der Waals surface area contributed by atoms with Crippen LogP contribution in [0.25, 0.3) is 0 Å². The molecule has 1 N–H and O–H groups in total. The van der Waals surface area contributed by atoms with Crippen molar-refractivity contribution in [3.8, 4) is 0 Å². The Morgan fingerprint density at radius 2 is 1.75 bits per heavy atom. The fraction of sp³-hybridized carbons (Fsp3) is 0.800. The van der Waals surface area contributed by atoms with Crippen LogP contribution in [0.2, 0.25) is 0 Å². The van der Waals surface area contributed by atoms with E-state index in [1.165, 1.54) is 0 Å². The molecule has 0 unspecified atom stereocenters. The second kappa shape index (κ2) is 4.06. The molecule has 0 atom stereocenters. The SMILES string of the molecule is CCC(CC)(CO)N1CC=CC1. The number of hydrogen-bond donors (Lipinski definition) is 1. The summed E-state index contributed by atoms with van der Waals surface area (Å²) in [6.07, 6.45) is 6.41. The molecule has 2 nitrogen and oxygen atoms in total. The molecule has 0 spiro atoms. The summed E-state index contributed by atoms with van der Waals surface area (Å²) in [4.78, 5) is 2.35. The minimum atomic E-state index is 0.0313. The van der Waals surface area contributed by atoms with Gasteiger partial charge in [-0.05, 0) is 12.8 Å². The van der Waals surface area contributed by atoms with Crippen molar-refractivity contribution >= 4 is 0 Å². The molecular formula is C10H19NO. The molecule has 0 radical (unpaired) electrons. The van der Waals surface area contributed by atoms with Gasteiger partial charge in [-0.3, -0.25) is 4.90 Å². The van der Waals surface area contributed by atoms with E-state index < -0.39 is 0 Å². The molecule has 0 bridgehead atoms. The maximum atomic E-state index is 9.37. The molecule has 2 heteroatoms. The number of aliphatic hydroxyl groups excluding tert-OH is 1. The topological polar surface area (TPSA) is 23.5 Å². The smallest absolute Gasteiger partial charge is 0.0615 e. The summed E-state index contributed by atoms with van der Waals surface area (Å²) in [5, 5.41) is 9.37. The Kier molecular flexibility index (Phi) is 3.29. The number of rotatable bonds is 4. The quantitative estimate of drug-likeness (QED) is 0.643. The summed E-state index contributed by atoms with van der Waals surface area (Å²) in [6, 6.07) is 0. The Morgan fingerprint density at radius 1 is 1.25 bits per heavy atom. The highest BCUT2D eigenvalue weighted by Gasteiger charge is 2.32. The van der Waals surface area contributed by atoms with Crippen LogP contribution in [0, 0.1) is 0 Å². The average Bonchev–Trinajstić information content (AvgIpc) is 2.62. The van der Waals surface area contributed by atoms with Gasteiger partial charge < -0.3 is 5.11 Å². The molecule has 0 aromatic carbocycles. The molecule has 1 rings (SSSR count). The molecule has 12 heavy (non-hydrogen) atoms. The normalized spacial score (nSPS) is 18.9. The monoisotopic (exact) mass is 169 g/mol. The van der Waals surface area contributed by atoms with Crippen LogP contribution in [0.4, 0.5) is 0 Å². The Bertz CT molecular complexity index is 145. The lowest BCUT2D eigenvalue weighted by Gasteiger charge is -2.39. The van der Waals surface area contributed by atoms with E-state index in [0.29, 0.717) is 0 Å². The summed E-state index contributed by atoms with van der Waals surface area (Å²) in [5.74, 6) is 0. The largest absolute Gasteiger partial charge is 0.394 e. The highest BCUT2D eigenvalue weighted by Crippen LogP contribution is 2.25. The van der Waals surface area contributed by atoms with Crippen LogP contribution in [0.15, 0.2) is 12.2 Å². The van der Waals surface area contributed by atoms with Gasteiger partial charge in [0.25, 0.3) is 0 Å². The maximum Gasteiger partial charge on any atom is 0.0615 e. The third kappa shape index (κ3) is 1.54. The Labute approximate surface area is 74.9 Å². The van der Waals surface area contributed by atoms with E-state index in [0.717, 1.165) is 25.9 Å². The van der Waals surface area contributed by atoms with E-state index in [1.54, 1.807) is 0 Å². The lowest BCUT2D eigenvalue weighted by molar-refractivity contribution is 0.0443. The van der Waals surface area contributed by atoms with E-state index in [2.05, 4.69) is 30.9 Å². The summed E-state index contributed by atoms with van der Waals surface area (Å²) in [6.45, 7) is 6.59. The van der Waals surface area contributed by atoms with Crippen LogP contribution in [-0.2, 0) is 0 Å². The molecule has 0 aromatic rings. The van der Waals surface area contributed by atoms with Crippen molar-refractivity contribution in [2.75, 3.05) is 19.7 Å². The van der Waals surface area contributed by atoms with E-state index >= 15 is 0 Å². The van der Waals surface area contributed by atoms with Crippen molar-refractivity contribution in [1.29, 1.82) is 0 Å². The molecule has 0 amide bonds. The molecule has 70 valence electrons. The van der Waals surface area contributed by atoms with Crippen LogP contribution < -0.4 is 0 Å². The maximum absolute atomic E-state index is 9.37. The fourth-order valence-electron chi connectivity index (χ4n) is 1.89. The Hall–Kier alpha value is -0.340. The van der Waals surface area contributed by atoms with Crippen molar-refractivity contribution in [3.05, 3.63) is 12.2 Å². The third-order valence-electron chi connectivity index (χ3n) is 3.10. The van der Waals surface area contributed by atoms with E-state index in [-0.39, 0.29) is 12.1 Å². The summed E-state index contributed by atoms with van der Waals surface area (Å²) >= 11 is 0. The van der Waals surface area contributed by atoms with Crippen molar-refractivity contribution in [1.82, 2.24) is 4.90 Å². The molecule has 0 saturated carbocycles. The first kappa shape index (κ1) is 9.75. The predicted molar refractivity (Wildman–Crippen MR) is 51.1 cm³/mol. The summed E-state index contributed by atoms with van der Waals surface area (Å²) in [5.41, 5.74) is 0.0313. The summed E-state index contributed by atoms with van der Waals surface area (Å²) < 4.78 is 0. The number of nitrogens with zero attached hydrogens (tertiary/aromatic N) is 1. The number of aliphatic hydroxyl groups is 1. The lowest BCUT2D eigenvalue weighted by Crippen LogP contribution is -2.49. The summed E-state index contributed by atoms with van der Waals surface area (Å²) in [7, 11) is 0. The molecule has 0 fully saturated rings.